The molecule has 0 radical (unpaired) electrons. The van der Waals surface area contributed by atoms with E-state index in [9.17, 15) is 9.59 Å². The molecule has 0 aliphatic carbocycles. The SMILES string of the molecule is Cc1ccc(C)c(NC(=O)[C@H](OC(=O)Cc2c(Cl)cccc2Cl)c2ccccc2)c1. The van der Waals surface area contributed by atoms with Gasteiger partial charge in [-0.05, 0) is 43.2 Å². The van der Waals surface area contributed by atoms with Crippen LogP contribution in [0.3, 0.4) is 0 Å². The maximum Gasteiger partial charge on any atom is 0.311 e. The molecule has 3 aromatic carbocycles. The molecule has 0 aliphatic heterocycles. The number of carbonyl (C=O) groups is 2. The van der Waals surface area contributed by atoms with Crippen molar-refractivity contribution in [3.63, 3.8) is 0 Å². The molecule has 3 rings (SSSR count). The summed E-state index contributed by atoms with van der Waals surface area (Å²) >= 11 is 12.3. The van der Waals surface area contributed by atoms with E-state index >= 15 is 0 Å². The third kappa shape index (κ3) is 5.41. The maximum atomic E-state index is 13.1. The molecule has 30 heavy (non-hydrogen) atoms. The molecule has 0 saturated heterocycles. The average Bonchev–Trinajstić information content (AvgIpc) is 2.72. The summed E-state index contributed by atoms with van der Waals surface area (Å²) in [4.78, 5) is 25.7. The molecule has 0 fully saturated rings. The van der Waals surface area contributed by atoms with Gasteiger partial charge < -0.3 is 10.1 Å². The van der Waals surface area contributed by atoms with Gasteiger partial charge in [0.1, 0.15) is 0 Å². The van der Waals surface area contributed by atoms with Crippen LogP contribution in [-0.2, 0) is 20.7 Å². The first-order valence-corrected chi connectivity index (χ1v) is 10.2. The number of nitrogens with one attached hydrogen (secondary N) is 1. The van der Waals surface area contributed by atoms with Crippen molar-refractivity contribution in [2.24, 2.45) is 0 Å². The number of halogens is 2. The predicted molar refractivity (Wildman–Crippen MR) is 120 cm³/mol. The molecule has 1 amide bonds. The van der Waals surface area contributed by atoms with E-state index in [1.807, 2.05) is 38.1 Å². The number of amides is 1. The van der Waals surface area contributed by atoms with Crippen LogP contribution in [0.25, 0.3) is 0 Å². The van der Waals surface area contributed by atoms with Crippen molar-refractivity contribution in [1.29, 1.82) is 0 Å². The van der Waals surface area contributed by atoms with Crippen molar-refractivity contribution in [3.05, 3.63) is 99.0 Å². The van der Waals surface area contributed by atoms with E-state index in [2.05, 4.69) is 5.32 Å². The molecule has 154 valence electrons. The normalized spacial score (nSPS) is 11.6. The largest absolute Gasteiger partial charge is 0.447 e. The van der Waals surface area contributed by atoms with Gasteiger partial charge in [-0.3, -0.25) is 9.59 Å². The van der Waals surface area contributed by atoms with Crippen LogP contribution in [-0.4, -0.2) is 11.9 Å². The Morgan fingerprint density at radius 1 is 0.933 bits per heavy atom. The van der Waals surface area contributed by atoms with E-state index in [-0.39, 0.29) is 6.42 Å². The summed E-state index contributed by atoms with van der Waals surface area (Å²) in [5.41, 5.74) is 3.63. The molecule has 4 nitrogen and oxygen atoms in total. The highest BCUT2D eigenvalue weighted by atomic mass is 35.5. The monoisotopic (exact) mass is 441 g/mol. The maximum absolute atomic E-state index is 13.1. The number of hydrogen-bond acceptors (Lipinski definition) is 3. The molecular formula is C24H21Cl2NO3. The van der Waals surface area contributed by atoms with Crippen LogP contribution in [0.1, 0.15) is 28.4 Å². The number of aryl methyl sites for hydroxylation is 2. The van der Waals surface area contributed by atoms with Gasteiger partial charge in [0.05, 0.1) is 6.42 Å². The number of hydrogen-bond donors (Lipinski definition) is 1. The van der Waals surface area contributed by atoms with Crippen molar-refractivity contribution >= 4 is 40.8 Å². The van der Waals surface area contributed by atoms with Gasteiger partial charge in [-0.25, -0.2) is 0 Å². The zero-order valence-corrected chi connectivity index (χ0v) is 18.1. The number of benzene rings is 3. The highest BCUT2D eigenvalue weighted by molar-refractivity contribution is 6.36. The molecule has 3 aromatic rings. The number of ether oxygens (including phenoxy) is 1. The molecule has 0 saturated carbocycles. The van der Waals surface area contributed by atoms with Gasteiger partial charge in [-0.1, -0.05) is 71.7 Å². The fourth-order valence-corrected chi connectivity index (χ4v) is 3.52. The summed E-state index contributed by atoms with van der Waals surface area (Å²) in [5.74, 6) is -1.04. The second-order valence-corrected chi connectivity index (χ2v) is 7.78. The quantitative estimate of drug-likeness (QED) is 0.471. The van der Waals surface area contributed by atoms with Crippen LogP contribution in [0.4, 0.5) is 5.69 Å². The van der Waals surface area contributed by atoms with Crippen LogP contribution in [0, 0.1) is 13.8 Å². The van der Waals surface area contributed by atoms with Crippen molar-refractivity contribution in [1.82, 2.24) is 0 Å². The first-order chi connectivity index (χ1) is 14.3. The zero-order chi connectivity index (χ0) is 21.7. The Kier molecular flexibility index (Phi) is 7.14. The van der Waals surface area contributed by atoms with Crippen LogP contribution >= 0.6 is 23.2 Å². The fraction of sp³-hybridized carbons (Fsp3) is 0.167. The Morgan fingerprint density at radius 2 is 1.60 bits per heavy atom. The van der Waals surface area contributed by atoms with Gasteiger partial charge in [-0.2, -0.15) is 0 Å². The van der Waals surface area contributed by atoms with Crippen LogP contribution < -0.4 is 5.32 Å². The standard InChI is InChI=1S/C24H21Cl2NO3/c1-15-11-12-16(2)21(13-15)27-24(29)23(17-7-4-3-5-8-17)30-22(28)14-18-19(25)9-6-10-20(18)26/h3-13,23H,14H2,1-2H3,(H,27,29)/t23-/m1/s1. The Morgan fingerprint density at radius 3 is 2.27 bits per heavy atom. The summed E-state index contributed by atoms with van der Waals surface area (Å²) in [5, 5.41) is 3.62. The Hall–Kier alpha value is -2.82. The Bertz CT molecular complexity index is 1050. The van der Waals surface area contributed by atoms with Crippen LogP contribution in [0.15, 0.2) is 66.7 Å². The smallest absolute Gasteiger partial charge is 0.311 e. The third-order valence-electron chi connectivity index (χ3n) is 4.62. The molecule has 0 aliphatic rings. The van der Waals surface area contributed by atoms with Gasteiger partial charge >= 0.3 is 5.97 Å². The lowest BCUT2D eigenvalue weighted by Crippen LogP contribution is -2.27. The first-order valence-electron chi connectivity index (χ1n) is 9.40. The molecule has 0 heterocycles. The van der Waals surface area contributed by atoms with Crippen molar-refractivity contribution in [2.45, 2.75) is 26.4 Å². The summed E-state index contributed by atoms with van der Waals surface area (Å²) in [7, 11) is 0. The minimum Gasteiger partial charge on any atom is -0.447 e. The summed E-state index contributed by atoms with van der Waals surface area (Å²) in [6, 6.07) is 19.6. The summed E-state index contributed by atoms with van der Waals surface area (Å²) in [6.07, 6.45) is -1.25. The van der Waals surface area contributed by atoms with E-state index < -0.39 is 18.0 Å². The molecule has 0 bridgehead atoms. The first kappa shape index (κ1) is 21.9. The minimum absolute atomic E-state index is 0.140. The van der Waals surface area contributed by atoms with Crippen LogP contribution in [0.5, 0.6) is 0 Å². The highest BCUT2D eigenvalue weighted by Crippen LogP contribution is 2.27. The van der Waals surface area contributed by atoms with E-state index in [4.69, 9.17) is 27.9 Å². The molecule has 6 heteroatoms. The second-order valence-electron chi connectivity index (χ2n) is 6.97. The van der Waals surface area contributed by atoms with Gasteiger partial charge in [-0.15, -0.1) is 0 Å². The molecule has 0 spiro atoms. The van der Waals surface area contributed by atoms with E-state index in [1.54, 1.807) is 42.5 Å². The minimum atomic E-state index is -1.11. The molecule has 1 atom stereocenters. The van der Waals surface area contributed by atoms with E-state index in [1.165, 1.54) is 0 Å². The number of esters is 1. The predicted octanol–water partition coefficient (Wildman–Crippen LogP) is 6.08. The van der Waals surface area contributed by atoms with Gasteiger partial charge in [0.2, 0.25) is 6.10 Å². The fourth-order valence-electron chi connectivity index (χ4n) is 2.99. The lowest BCUT2D eigenvalue weighted by molar-refractivity contribution is -0.154. The van der Waals surface area contributed by atoms with Crippen LogP contribution in [0.2, 0.25) is 10.0 Å². The van der Waals surface area contributed by atoms with Crippen molar-refractivity contribution < 1.29 is 14.3 Å². The molecule has 0 unspecified atom stereocenters. The van der Waals surface area contributed by atoms with Crippen molar-refractivity contribution in [2.75, 3.05) is 5.32 Å². The topological polar surface area (TPSA) is 55.4 Å². The third-order valence-corrected chi connectivity index (χ3v) is 5.33. The van der Waals surface area contributed by atoms with Gasteiger partial charge in [0, 0.05) is 26.9 Å². The Balaban J connectivity index is 1.83. The second kappa shape index (κ2) is 9.79. The Labute approximate surface area is 185 Å². The van der Waals surface area contributed by atoms with Crippen molar-refractivity contribution in [3.8, 4) is 0 Å². The summed E-state index contributed by atoms with van der Waals surface area (Å²) < 4.78 is 5.59. The molecular weight excluding hydrogens is 421 g/mol. The molecule has 1 N–H and O–H groups in total. The number of anilines is 1. The zero-order valence-electron chi connectivity index (χ0n) is 16.6. The van der Waals surface area contributed by atoms with E-state index in [0.29, 0.717) is 26.9 Å². The summed E-state index contributed by atoms with van der Waals surface area (Å²) in [6.45, 7) is 3.84. The van der Waals surface area contributed by atoms with Gasteiger partial charge in [0.25, 0.3) is 5.91 Å². The number of rotatable bonds is 6. The lowest BCUT2D eigenvalue weighted by Gasteiger charge is -2.19. The lowest BCUT2D eigenvalue weighted by atomic mass is 10.1. The molecule has 0 aromatic heterocycles. The number of carbonyl (C=O) groups excluding carboxylic acids is 2. The average molecular weight is 442 g/mol. The van der Waals surface area contributed by atoms with E-state index in [0.717, 1.165) is 11.1 Å². The van der Waals surface area contributed by atoms with Gasteiger partial charge in [0.15, 0.2) is 0 Å². The highest BCUT2D eigenvalue weighted by Gasteiger charge is 2.26.